The zero-order valence-corrected chi connectivity index (χ0v) is 22.9. The molecule has 4 aliphatic rings. The number of hydrogen-bond donors (Lipinski definition) is 0. The fourth-order valence-corrected chi connectivity index (χ4v) is 6.40. The predicted molar refractivity (Wildman–Crippen MR) is 141 cm³/mol. The standard InChI is InChI=1S/C30H39NO7/c1-19(2)8-14-23-29(3,38-23)28-27(35-4)22(16-17-30(28)18-36-30)37-26(34)15-11-20-9-12-21(13-10-20)31-24(32)6-5-7-25(31)33/h8-10,12-13,22-23,27-28H,5-7,11,14-18H2,1-4H3/t22-,23-,27-,28-,29-,30+/m1/s1. The maximum absolute atomic E-state index is 12.9. The Morgan fingerprint density at radius 2 is 1.84 bits per heavy atom. The van der Waals surface area contributed by atoms with Gasteiger partial charge in [-0.15, -0.1) is 0 Å². The number of rotatable bonds is 9. The smallest absolute Gasteiger partial charge is 0.306 e. The number of anilines is 1. The molecular weight excluding hydrogens is 486 g/mol. The maximum atomic E-state index is 12.9. The van der Waals surface area contributed by atoms with Crippen LogP contribution in [0.25, 0.3) is 0 Å². The number of hydrogen-bond acceptors (Lipinski definition) is 7. The number of carbonyl (C=O) groups excluding carboxylic acids is 3. The highest BCUT2D eigenvalue weighted by Gasteiger charge is 2.72. The molecule has 5 rings (SSSR count). The second kappa shape index (κ2) is 10.5. The van der Waals surface area contributed by atoms with Crippen LogP contribution in [0.3, 0.4) is 0 Å². The van der Waals surface area contributed by atoms with Crippen LogP contribution in [0.4, 0.5) is 5.69 Å². The number of allylic oxidation sites excluding steroid dienone is 1. The monoisotopic (exact) mass is 525 g/mol. The topological polar surface area (TPSA) is 98.0 Å². The number of carbonyl (C=O) groups is 3. The lowest BCUT2D eigenvalue weighted by Gasteiger charge is -2.42. The van der Waals surface area contributed by atoms with Crippen LogP contribution in [0.15, 0.2) is 35.9 Å². The van der Waals surface area contributed by atoms with Crippen molar-refractivity contribution in [1.29, 1.82) is 0 Å². The van der Waals surface area contributed by atoms with Crippen LogP contribution in [0, 0.1) is 5.92 Å². The number of epoxide rings is 2. The Hall–Kier alpha value is -2.55. The van der Waals surface area contributed by atoms with Crippen molar-refractivity contribution in [2.24, 2.45) is 5.92 Å². The summed E-state index contributed by atoms with van der Waals surface area (Å²) in [5, 5.41) is 0. The van der Waals surface area contributed by atoms with Crippen molar-refractivity contribution in [1.82, 2.24) is 0 Å². The molecule has 0 unspecified atom stereocenters. The number of piperidine rings is 1. The molecule has 8 nitrogen and oxygen atoms in total. The first-order valence-electron chi connectivity index (χ1n) is 13.8. The summed E-state index contributed by atoms with van der Waals surface area (Å²) in [6.07, 6.45) is 6.15. The lowest BCUT2D eigenvalue weighted by Crippen LogP contribution is -2.55. The third-order valence-electron chi connectivity index (χ3n) is 8.61. The maximum Gasteiger partial charge on any atom is 0.306 e. The van der Waals surface area contributed by atoms with E-state index in [4.69, 9.17) is 18.9 Å². The van der Waals surface area contributed by atoms with Crippen molar-refractivity contribution in [2.75, 3.05) is 18.6 Å². The SMILES string of the molecule is CO[C@@H]1[C@H](OC(=O)CCc2ccc(N3C(=O)CCCC3=O)cc2)CC[C@]2(CO2)[C@H]1[C@]1(C)O[C@@H]1CC=C(C)C. The van der Waals surface area contributed by atoms with E-state index in [-0.39, 0.29) is 59.6 Å². The Morgan fingerprint density at radius 3 is 2.45 bits per heavy atom. The second-order valence-corrected chi connectivity index (χ2v) is 11.5. The van der Waals surface area contributed by atoms with Gasteiger partial charge in [-0.05, 0) is 70.6 Å². The number of aryl methyl sites for hydroxylation is 1. The number of benzene rings is 1. The van der Waals surface area contributed by atoms with Crippen molar-refractivity contribution in [2.45, 2.75) is 102 Å². The lowest BCUT2D eigenvalue weighted by molar-refractivity contribution is -0.171. The number of imide groups is 1. The summed E-state index contributed by atoms with van der Waals surface area (Å²) in [7, 11) is 1.68. The molecule has 1 aromatic rings. The van der Waals surface area contributed by atoms with Gasteiger partial charge in [0.05, 0.1) is 24.3 Å². The average molecular weight is 526 g/mol. The van der Waals surface area contributed by atoms with Crippen LogP contribution in [0.5, 0.6) is 0 Å². The second-order valence-electron chi connectivity index (χ2n) is 11.5. The summed E-state index contributed by atoms with van der Waals surface area (Å²) in [4.78, 5) is 38.5. The van der Waals surface area contributed by atoms with Crippen LogP contribution < -0.4 is 4.90 Å². The van der Waals surface area contributed by atoms with E-state index in [0.717, 1.165) is 18.4 Å². The summed E-state index contributed by atoms with van der Waals surface area (Å²) >= 11 is 0. The van der Waals surface area contributed by atoms with Crippen LogP contribution in [0.2, 0.25) is 0 Å². The Balaban J connectivity index is 1.18. The van der Waals surface area contributed by atoms with Crippen molar-refractivity contribution in [3.05, 3.63) is 41.5 Å². The van der Waals surface area contributed by atoms with E-state index in [0.29, 0.717) is 44.4 Å². The third-order valence-corrected chi connectivity index (χ3v) is 8.61. The van der Waals surface area contributed by atoms with Crippen molar-refractivity contribution in [3.8, 4) is 0 Å². The molecule has 0 aromatic heterocycles. The summed E-state index contributed by atoms with van der Waals surface area (Å²) in [5.74, 6) is -0.599. The molecule has 3 saturated heterocycles. The summed E-state index contributed by atoms with van der Waals surface area (Å²) < 4.78 is 24.2. The summed E-state index contributed by atoms with van der Waals surface area (Å²) in [5.41, 5.74) is 2.17. The molecule has 0 radical (unpaired) electrons. The van der Waals surface area contributed by atoms with Gasteiger partial charge in [0.2, 0.25) is 11.8 Å². The van der Waals surface area contributed by atoms with E-state index < -0.39 is 0 Å². The Morgan fingerprint density at radius 1 is 1.16 bits per heavy atom. The molecule has 2 amide bonds. The molecule has 8 heteroatoms. The summed E-state index contributed by atoms with van der Waals surface area (Å²) in [6, 6.07) is 7.26. The van der Waals surface area contributed by atoms with Crippen LogP contribution in [0.1, 0.15) is 71.3 Å². The van der Waals surface area contributed by atoms with Crippen molar-refractivity contribution in [3.63, 3.8) is 0 Å². The Kier molecular flexibility index (Phi) is 7.50. The van der Waals surface area contributed by atoms with Gasteiger partial charge in [0.15, 0.2) is 0 Å². The van der Waals surface area contributed by atoms with E-state index in [2.05, 4.69) is 26.8 Å². The largest absolute Gasteiger partial charge is 0.460 e. The van der Waals surface area contributed by atoms with Gasteiger partial charge in [-0.2, -0.15) is 0 Å². The zero-order valence-electron chi connectivity index (χ0n) is 22.9. The molecule has 38 heavy (non-hydrogen) atoms. The first-order valence-corrected chi connectivity index (χ1v) is 13.8. The number of nitrogens with zero attached hydrogens (tertiary/aromatic N) is 1. The van der Waals surface area contributed by atoms with Crippen LogP contribution in [-0.2, 0) is 39.8 Å². The van der Waals surface area contributed by atoms with Crippen LogP contribution in [-0.4, -0.2) is 61.0 Å². The fourth-order valence-electron chi connectivity index (χ4n) is 6.40. The lowest BCUT2D eigenvalue weighted by atomic mass is 9.68. The van der Waals surface area contributed by atoms with Gasteiger partial charge in [0.1, 0.15) is 23.4 Å². The van der Waals surface area contributed by atoms with Gasteiger partial charge in [0, 0.05) is 26.4 Å². The molecule has 1 aliphatic carbocycles. The van der Waals surface area contributed by atoms with E-state index in [1.54, 1.807) is 19.2 Å². The molecule has 0 N–H and O–H groups in total. The normalized spacial score (nSPS) is 34.3. The minimum atomic E-state index is -0.368. The van der Waals surface area contributed by atoms with E-state index in [1.807, 2.05) is 12.1 Å². The molecule has 3 aliphatic heterocycles. The molecule has 1 saturated carbocycles. The third kappa shape index (κ3) is 5.31. The molecule has 6 atom stereocenters. The molecule has 0 bridgehead atoms. The average Bonchev–Trinajstić information content (AvgIpc) is 3.80. The highest BCUT2D eigenvalue weighted by atomic mass is 16.6. The van der Waals surface area contributed by atoms with Gasteiger partial charge in [-0.3, -0.25) is 19.3 Å². The van der Waals surface area contributed by atoms with Crippen molar-refractivity contribution < 1.29 is 33.3 Å². The zero-order chi connectivity index (χ0) is 27.1. The number of amides is 2. The number of methoxy groups -OCH3 is 1. The molecule has 1 aromatic carbocycles. The summed E-state index contributed by atoms with van der Waals surface area (Å²) in [6.45, 7) is 7.00. The van der Waals surface area contributed by atoms with Gasteiger partial charge in [0.25, 0.3) is 0 Å². The van der Waals surface area contributed by atoms with Gasteiger partial charge >= 0.3 is 5.97 Å². The van der Waals surface area contributed by atoms with Gasteiger partial charge < -0.3 is 18.9 Å². The van der Waals surface area contributed by atoms with E-state index >= 15 is 0 Å². The highest BCUT2D eigenvalue weighted by molar-refractivity contribution is 6.16. The predicted octanol–water partition coefficient (Wildman–Crippen LogP) is 4.28. The first kappa shape index (κ1) is 27.0. The minimum Gasteiger partial charge on any atom is -0.460 e. The molecular formula is C30H39NO7. The number of ether oxygens (including phenoxy) is 4. The minimum absolute atomic E-state index is 0.00475. The first-order chi connectivity index (χ1) is 18.2. The van der Waals surface area contributed by atoms with Gasteiger partial charge in [-0.1, -0.05) is 23.8 Å². The number of esters is 1. The Labute approximate surface area is 224 Å². The van der Waals surface area contributed by atoms with E-state index in [9.17, 15) is 14.4 Å². The molecule has 206 valence electrons. The van der Waals surface area contributed by atoms with Gasteiger partial charge in [-0.25, -0.2) is 0 Å². The Bertz CT molecular complexity index is 1090. The molecule has 4 fully saturated rings. The molecule has 3 heterocycles. The van der Waals surface area contributed by atoms with Crippen molar-refractivity contribution >= 4 is 23.5 Å². The van der Waals surface area contributed by atoms with E-state index in [1.165, 1.54) is 10.5 Å². The van der Waals surface area contributed by atoms with Crippen LogP contribution >= 0.6 is 0 Å². The highest BCUT2D eigenvalue weighted by Crippen LogP contribution is 2.59. The molecule has 1 spiro atoms. The fraction of sp³-hybridized carbons (Fsp3) is 0.633. The quantitative estimate of drug-likeness (QED) is 0.205.